The number of benzene rings is 1. The van der Waals surface area contributed by atoms with Gasteiger partial charge in [0.1, 0.15) is 42.3 Å². The molecule has 0 spiro atoms. The number of hydrogen-bond acceptors (Lipinski definition) is 13. The summed E-state index contributed by atoms with van der Waals surface area (Å²) in [4.78, 5) is 14.5. The number of halogens is 1. The Morgan fingerprint density at radius 1 is 1.02 bits per heavy atom. The molecule has 1 aliphatic heterocycles. The van der Waals surface area contributed by atoms with Crippen LogP contribution in [-0.4, -0.2) is 87.7 Å². The summed E-state index contributed by atoms with van der Waals surface area (Å²) in [6.07, 6.45) is 16.7. The molecule has 5 N–H and O–H groups in total. The van der Waals surface area contributed by atoms with Gasteiger partial charge in [0.05, 0.1) is 39.2 Å². The van der Waals surface area contributed by atoms with Gasteiger partial charge in [0.2, 0.25) is 5.60 Å². The molecule has 0 amide bonds. The number of nitriles is 1. The zero-order chi connectivity index (χ0) is 41.8. The number of ether oxygens (including phenoxy) is 4. The average molecular weight is 834 g/mol. The van der Waals surface area contributed by atoms with Crippen LogP contribution in [0, 0.1) is 17.1 Å². The highest BCUT2D eigenvalue weighted by Crippen LogP contribution is 2.46. The lowest BCUT2D eigenvalue weighted by molar-refractivity contribution is -0.0690. The minimum atomic E-state index is -4.81. The van der Waals surface area contributed by atoms with Gasteiger partial charge in [-0.05, 0) is 61.9 Å². The highest BCUT2D eigenvalue weighted by Gasteiger charge is 2.58. The topological polar surface area (TPSA) is 213 Å². The molecule has 2 aromatic heterocycles. The lowest BCUT2D eigenvalue weighted by Gasteiger charge is -2.24. The van der Waals surface area contributed by atoms with Gasteiger partial charge in [0.15, 0.2) is 17.4 Å². The second kappa shape index (κ2) is 24.6. The zero-order valence-electron chi connectivity index (χ0n) is 33.8. The number of fused-ring (bicyclic) bond motifs is 1. The first-order chi connectivity index (χ1) is 28.0. The lowest BCUT2D eigenvalue weighted by Crippen LogP contribution is -2.41. The largest absolute Gasteiger partial charge is 0.494 e. The molecule has 3 aromatic rings. The molecule has 1 saturated heterocycles. The van der Waals surface area contributed by atoms with Crippen molar-refractivity contribution in [1.82, 2.24) is 14.6 Å². The molecule has 3 heterocycles. The van der Waals surface area contributed by atoms with Crippen LogP contribution in [0.25, 0.3) is 5.52 Å². The Kier molecular flexibility index (Phi) is 20.0. The fourth-order valence-electron chi connectivity index (χ4n) is 6.76. The Labute approximate surface area is 340 Å². The molecule has 1 fully saturated rings. The summed E-state index contributed by atoms with van der Waals surface area (Å²) in [5.74, 6) is -0.370. The number of aromatic nitrogens is 3. The smallest absolute Gasteiger partial charge is 0.472 e. The van der Waals surface area contributed by atoms with Crippen molar-refractivity contribution < 1.29 is 52.1 Å². The molecular weight excluding hydrogens is 772 g/mol. The number of nitrogens with zero attached hydrogens (tertiary/aromatic N) is 4. The molecule has 0 radical (unpaired) electrons. The second-order valence-corrected chi connectivity index (χ2v) is 16.0. The molecular formula is C41H61FN5O10P. The monoisotopic (exact) mass is 833 g/mol. The van der Waals surface area contributed by atoms with Crippen LogP contribution in [0.2, 0.25) is 0 Å². The van der Waals surface area contributed by atoms with Crippen molar-refractivity contribution in [2.75, 3.05) is 39.3 Å². The van der Waals surface area contributed by atoms with E-state index in [4.69, 9.17) is 33.7 Å². The SMILES string of the molecule is CCCCCCCC/C=C/CCCCCCCCOC[C@H](COP(=O)(O)OC[C@H]1O[C@@](C#N)(c2ccc3c(N)ncnn23)[C@@H](O)C1O)OCc1ccc(OC)c(F)c1. The van der Waals surface area contributed by atoms with E-state index >= 15 is 0 Å². The van der Waals surface area contributed by atoms with Gasteiger partial charge in [-0.1, -0.05) is 82.9 Å². The van der Waals surface area contributed by atoms with E-state index in [1.807, 2.05) is 6.07 Å². The molecule has 17 heteroatoms. The Hall–Kier alpha value is -3.49. The molecule has 0 aliphatic carbocycles. The first-order valence-electron chi connectivity index (χ1n) is 20.4. The molecule has 2 unspecified atom stereocenters. The first kappa shape index (κ1) is 47.2. The van der Waals surface area contributed by atoms with Crippen molar-refractivity contribution in [2.24, 2.45) is 0 Å². The third kappa shape index (κ3) is 14.1. The standard InChI is InChI=1S/C41H61FN5O10P/c1-3-4-5-6-7-8-9-10-11-12-13-14-15-16-17-18-23-53-26-32(54-25-31-19-21-35(52-2)33(42)24-31)27-55-58(50,51)56-28-36-38(48)39(49)41(29-43,57-36)37-22-20-34-40(44)45-30-46-47(34)37/h10-11,19-22,24,30,32,36,38-39,48-49H,3-9,12-18,23,25-28H2,1-2H3,(H,50,51)(H2,44,45,46)/b11-10+/t32-,36-,38?,39+,41+/m1/s1. The van der Waals surface area contributed by atoms with Gasteiger partial charge in [-0.25, -0.2) is 18.5 Å². The Bertz CT molecular complexity index is 1790. The van der Waals surface area contributed by atoms with Gasteiger partial charge in [-0.15, -0.1) is 0 Å². The van der Waals surface area contributed by atoms with E-state index < -0.39 is 56.9 Å². The quantitative estimate of drug-likeness (QED) is 0.0313. The molecule has 1 aliphatic rings. The van der Waals surface area contributed by atoms with Crippen molar-refractivity contribution in [3.8, 4) is 11.8 Å². The predicted octanol–water partition coefficient (Wildman–Crippen LogP) is 7.07. The molecule has 0 bridgehead atoms. The van der Waals surface area contributed by atoms with Gasteiger partial charge >= 0.3 is 7.82 Å². The number of hydrogen-bond donors (Lipinski definition) is 4. The van der Waals surface area contributed by atoms with Crippen molar-refractivity contribution in [2.45, 2.75) is 133 Å². The Morgan fingerprint density at radius 2 is 1.71 bits per heavy atom. The summed E-state index contributed by atoms with van der Waals surface area (Å²) >= 11 is 0. The molecule has 15 nitrogen and oxygen atoms in total. The first-order valence-corrected chi connectivity index (χ1v) is 21.9. The maximum Gasteiger partial charge on any atom is 0.472 e. The zero-order valence-corrected chi connectivity index (χ0v) is 34.6. The number of aliphatic hydroxyl groups excluding tert-OH is 2. The molecule has 1 aromatic carbocycles. The number of nitrogen functional groups attached to an aromatic ring is 1. The highest BCUT2D eigenvalue weighted by atomic mass is 31.2. The number of aliphatic hydroxyl groups is 2. The van der Waals surface area contributed by atoms with Gasteiger partial charge in [-0.3, -0.25) is 9.05 Å². The highest BCUT2D eigenvalue weighted by molar-refractivity contribution is 7.47. The maximum atomic E-state index is 14.3. The third-order valence-corrected chi connectivity index (χ3v) is 11.1. The van der Waals surface area contributed by atoms with Gasteiger partial charge in [-0.2, -0.15) is 10.4 Å². The minimum Gasteiger partial charge on any atom is -0.494 e. The van der Waals surface area contributed by atoms with Crippen molar-refractivity contribution in [1.29, 1.82) is 5.26 Å². The molecule has 322 valence electrons. The summed E-state index contributed by atoms with van der Waals surface area (Å²) in [7, 11) is -3.44. The van der Waals surface area contributed by atoms with E-state index in [9.17, 15) is 29.3 Å². The van der Waals surface area contributed by atoms with Gasteiger partial charge in [0.25, 0.3) is 0 Å². The van der Waals surface area contributed by atoms with Crippen molar-refractivity contribution >= 4 is 19.2 Å². The minimum absolute atomic E-state index is 0.0182. The van der Waals surface area contributed by atoms with Crippen LogP contribution in [-0.2, 0) is 40.0 Å². The number of allylic oxidation sites excluding steroid dienone is 2. The fourth-order valence-corrected chi connectivity index (χ4v) is 7.52. The number of unbranched alkanes of at least 4 members (excludes halogenated alkanes) is 12. The number of anilines is 1. The van der Waals surface area contributed by atoms with E-state index in [-0.39, 0.29) is 30.5 Å². The average Bonchev–Trinajstić information content (AvgIpc) is 3.76. The number of methoxy groups -OCH3 is 1. The number of phosphoric acid groups is 1. The summed E-state index contributed by atoms with van der Waals surface area (Å²) in [6, 6.07) is 9.25. The van der Waals surface area contributed by atoms with Crippen LogP contribution in [0.15, 0.2) is 48.8 Å². The Balaban J connectivity index is 1.21. The van der Waals surface area contributed by atoms with Crippen LogP contribution in [0.4, 0.5) is 10.2 Å². The van der Waals surface area contributed by atoms with Crippen LogP contribution >= 0.6 is 7.82 Å². The molecule has 58 heavy (non-hydrogen) atoms. The maximum absolute atomic E-state index is 14.3. The predicted molar refractivity (Wildman–Crippen MR) is 215 cm³/mol. The second-order valence-electron chi connectivity index (χ2n) is 14.6. The molecule has 6 atom stereocenters. The van der Waals surface area contributed by atoms with Crippen LogP contribution in [0.3, 0.4) is 0 Å². The summed E-state index contributed by atoms with van der Waals surface area (Å²) in [5.41, 5.74) is 4.68. The van der Waals surface area contributed by atoms with E-state index in [1.54, 1.807) is 6.07 Å². The Morgan fingerprint density at radius 3 is 2.38 bits per heavy atom. The lowest BCUT2D eigenvalue weighted by atomic mass is 9.92. The van der Waals surface area contributed by atoms with E-state index in [1.165, 1.54) is 93.7 Å². The summed E-state index contributed by atoms with van der Waals surface area (Å²) < 4.78 is 61.6. The normalized spacial score (nSPS) is 21.1. The van der Waals surface area contributed by atoms with Crippen LogP contribution in [0.5, 0.6) is 5.75 Å². The summed E-state index contributed by atoms with van der Waals surface area (Å²) in [6.45, 7) is 1.50. The van der Waals surface area contributed by atoms with Crippen molar-refractivity contribution in [3.05, 3.63) is 65.9 Å². The number of rotatable bonds is 29. The fraction of sp³-hybridized carbons (Fsp3) is 0.634. The number of phosphoric ester groups is 1. The van der Waals surface area contributed by atoms with Gasteiger partial charge in [0, 0.05) is 6.61 Å². The summed E-state index contributed by atoms with van der Waals surface area (Å²) in [5, 5.41) is 36.0. The molecule has 0 saturated carbocycles. The third-order valence-electron chi connectivity index (χ3n) is 10.1. The van der Waals surface area contributed by atoms with Crippen molar-refractivity contribution in [3.63, 3.8) is 0 Å². The van der Waals surface area contributed by atoms with E-state index in [0.717, 1.165) is 38.4 Å². The van der Waals surface area contributed by atoms with Gasteiger partial charge < -0.3 is 39.8 Å². The van der Waals surface area contributed by atoms with E-state index in [0.29, 0.717) is 17.7 Å². The molecule has 4 rings (SSSR count). The number of nitrogens with two attached hydrogens (primary N) is 1. The van der Waals surface area contributed by atoms with Crippen LogP contribution < -0.4 is 10.5 Å². The van der Waals surface area contributed by atoms with Crippen LogP contribution in [0.1, 0.15) is 108 Å². The van der Waals surface area contributed by atoms with E-state index in [2.05, 4.69) is 29.2 Å².